The molecule has 1 aromatic carbocycles. The fraction of sp³-hybridized carbons (Fsp3) is 0.231. The zero-order chi connectivity index (χ0) is 11.7. The van der Waals surface area contributed by atoms with Gasteiger partial charge in [-0.15, -0.1) is 0 Å². The van der Waals surface area contributed by atoms with E-state index in [4.69, 9.17) is 5.26 Å². The minimum absolute atomic E-state index is 0.644. The van der Waals surface area contributed by atoms with Crippen molar-refractivity contribution in [2.75, 3.05) is 13.1 Å². The SMILES string of the molecule is N#Cc1cccc2c(C3=CCCNC3)n[nH]c12. The second-order valence-electron chi connectivity index (χ2n) is 4.11. The molecule has 17 heavy (non-hydrogen) atoms. The number of hydrogen-bond donors (Lipinski definition) is 2. The quantitative estimate of drug-likeness (QED) is 0.776. The van der Waals surface area contributed by atoms with Gasteiger partial charge in [0.05, 0.1) is 16.8 Å². The first kappa shape index (κ1) is 10.1. The van der Waals surface area contributed by atoms with E-state index < -0.39 is 0 Å². The Kier molecular flexibility index (Phi) is 2.39. The minimum atomic E-state index is 0.644. The molecular weight excluding hydrogens is 212 g/mol. The van der Waals surface area contributed by atoms with Crippen LogP contribution in [0.4, 0.5) is 0 Å². The number of nitriles is 1. The van der Waals surface area contributed by atoms with Crippen LogP contribution in [0.3, 0.4) is 0 Å². The maximum atomic E-state index is 9.03. The van der Waals surface area contributed by atoms with Crippen molar-refractivity contribution in [1.82, 2.24) is 15.5 Å². The topological polar surface area (TPSA) is 64.5 Å². The highest BCUT2D eigenvalue weighted by molar-refractivity contribution is 5.93. The van der Waals surface area contributed by atoms with Gasteiger partial charge in [0.25, 0.3) is 0 Å². The summed E-state index contributed by atoms with van der Waals surface area (Å²) in [6.07, 6.45) is 3.24. The number of benzene rings is 1. The molecular formula is C13H12N4. The van der Waals surface area contributed by atoms with Crippen LogP contribution in [0.15, 0.2) is 24.3 Å². The molecule has 0 spiro atoms. The first-order valence-electron chi connectivity index (χ1n) is 5.67. The number of para-hydroxylation sites is 1. The standard InChI is InChI=1S/C13H12N4/c14-7-9-3-1-5-11-12(9)16-17-13(11)10-4-2-6-15-8-10/h1,3-5,15H,2,6,8H2,(H,16,17). The van der Waals surface area contributed by atoms with Gasteiger partial charge < -0.3 is 5.32 Å². The molecule has 1 aliphatic rings. The molecule has 4 nitrogen and oxygen atoms in total. The third-order valence-corrected chi connectivity index (χ3v) is 3.05. The molecule has 0 bridgehead atoms. The number of H-pyrrole nitrogens is 1. The van der Waals surface area contributed by atoms with E-state index in [9.17, 15) is 0 Å². The Morgan fingerprint density at radius 3 is 3.06 bits per heavy atom. The van der Waals surface area contributed by atoms with E-state index in [1.54, 1.807) is 6.07 Å². The third-order valence-electron chi connectivity index (χ3n) is 3.05. The Morgan fingerprint density at radius 1 is 1.35 bits per heavy atom. The molecule has 0 amide bonds. The molecule has 1 aromatic heterocycles. The monoisotopic (exact) mass is 224 g/mol. The van der Waals surface area contributed by atoms with Crippen molar-refractivity contribution >= 4 is 16.5 Å². The number of nitrogens with one attached hydrogen (secondary N) is 2. The molecule has 1 aliphatic heterocycles. The van der Waals surface area contributed by atoms with E-state index in [1.165, 1.54) is 5.57 Å². The normalized spacial score (nSPS) is 15.6. The van der Waals surface area contributed by atoms with E-state index in [-0.39, 0.29) is 0 Å². The van der Waals surface area contributed by atoms with Crippen LogP contribution in [0, 0.1) is 11.3 Å². The molecule has 2 N–H and O–H groups in total. The summed E-state index contributed by atoms with van der Waals surface area (Å²) in [7, 11) is 0. The van der Waals surface area contributed by atoms with Crippen LogP contribution in [-0.2, 0) is 0 Å². The fourth-order valence-corrected chi connectivity index (χ4v) is 2.20. The lowest BCUT2D eigenvalue weighted by atomic mass is 10.0. The lowest BCUT2D eigenvalue weighted by molar-refractivity contribution is 0.737. The van der Waals surface area contributed by atoms with E-state index in [0.29, 0.717) is 5.56 Å². The third kappa shape index (κ3) is 1.61. The van der Waals surface area contributed by atoms with Crippen LogP contribution in [0.2, 0.25) is 0 Å². The number of aromatic amines is 1. The highest BCUT2D eigenvalue weighted by Crippen LogP contribution is 2.25. The molecule has 3 rings (SSSR count). The number of fused-ring (bicyclic) bond motifs is 1. The van der Waals surface area contributed by atoms with E-state index in [2.05, 4.69) is 27.7 Å². The van der Waals surface area contributed by atoms with Crippen LogP contribution in [0.25, 0.3) is 16.5 Å². The van der Waals surface area contributed by atoms with Gasteiger partial charge in [-0.3, -0.25) is 5.10 Å². The molecule has 2 aromatic rings. The number of aromatic nitrogens is 2. The molecule has 0 aliphatic carbocycles. The van der Waals surface area contributed by atoms with Gasteiger partial charge in [0.1, 0.15) is 6.07 Å². The van der Waals surface area contributed by atoms with Gasteiger partial charge >= 0.3 is 0 Å². The zero-order valence-corrected chi connectivity index (χ0v) is 9.33. The van der Waals surface area contributed by atoms with Gasteiger partial charge in [-0.1, -0.05) is 18.2 Å². The van der Waals surface area contributed by atoms with Gasteiger partial charge in [-0.05, 0) is 24.6 Å². The summed E-state index contributed by atoms with van der Waals surface area (Å²) in [5, 5.41) is 20.7. The Balaban J connectivity index is 2.19. The smallest absolute Gasteiger partial charge is 0.101 e. The van der Waals surface area contributed by atoms with Gasteiger partial charge in [-0.25, -0.2) is 0 Å². The first-order valence-corrected chi connectivity index (χ1v) is 5.67. The summed E-state index contributed by atoms with van der Waals surface area (Å²) in [4.78, 5) is 0. The van der Waals surface area contributed by atoms with Crippen LogP contribution in [-0.4, -0.2) is 23.3 Å². The lowest BCUT2D eigenvalue weighted by Crippen LogP contribution is -2.21. The maximum absolute atomic E-state index is 9.03. The number of rotatable bonds is 1. The molecule has 0 unspecified atom stereocenters. The predicted octanol–water partition coefficient (Wildman–Crippen LogP) is 1.81. The summed E-state index contributed by atoms with van der Waals surface area (Å²) < 4.78 is 0. The highest BCUT2D eigenvalue weighted by atomic mass is 15.1. The molecule has 4 heteroatoms. The van der Waals surface area contributed by atoms with Crippen molar-refractivity contribution in [2.45, 2.75) is 6.42 Å². The molecule has 0 saturated carbocycles. The van der Waals surface area contributed by atoms with Gasteiger partial charge in [0, 0.05) is 11.9 Å². The number of nitrogens with zero attached hydrogens (tertiary/aromatic N) is 2. The summed E-state index contributed by atoms with van der Waals surface area (Å²) in [6, 6.07) is 7.89. The Bertz CT molecular complexity index is 630. The molecule has 0 radical (unpaired) electrons. The van der Waals surface area contributed by atoms with Crippen molar-refractivity contribution in [2.24, 2.45) is 0 Å². The largest absolute Gasteiger partial charge is 0.312 e. The summed E-state index contributed by atoms with van der Waals surface area (Å²) >= 11 is 0. The van der Waals surface area contributed by atoms with Crippen molar-refractivity contribution in [3.63, 3.8) is 0 Å². The van der Waals surface area contributed by atoms with Crippen molar-refractivity contribution < 1.29 is 0 Å². The van der Waals surface area contributed by atoms with Crippen LogP contribution in [0.1, 0.15) is 17.7 Å². The molecule has 0 fully saturated rings. The lowest BCUT2D eigenvalue weighted by Gasteiger charge is -2.12. The van der Waals surface area contributed by atoms with Crippen molar-refractivity contribution in [1.29, 1.82) is 5.26 Å². The van der Waals surface area contributed by atoms with E-state index >= 15 is 0 Å². The summed E-state index contributed by atoms with van der Waals surface area (Å²) in [5.74, 6) is 0. The van der Waals surface area contributed by atoms with Gasteiger partial charge in [0.15, 0.2) is 0 Å². The second-order valence-corrected chi connectivity index (χ2v) is 4.11. The van der Waals surface area contributed by atoms with E-state index in [1.807, 2.05) is 12.1 Å². The van der Waals surface area contributed by atoms with Crippen LogP contribution in [0.5, 0.6) is 0 Å². The Hall–Kier alpha value is -2.12. The average Bonchev–Trinajstić information content (AvgIpc) is 2.83. The Labute approximate surface area is 98.9 Å². The molecule has 84 valence electrons. The Morgan fingerprint density at radius 2 is 2.29 bits per heavy atom. The first-order chi connectivity index (χ1) is 8.40. The van der Waals surface area contributed by atoms with Gasteiger partial charge in [0.2, 0.25) is 0 Å². The molecule has 0 atom stereocenters. The van der Waals surface area contributed by atoms with E-state index in [0.717, 1.165) is 36.1 Å². The fourth-order valence-electron chi connectivity index (χ4n) is 2.20. The van der Waals surface area contributed by atoms with Crippen molar-refractivity contribution in [3.05, 3.63) is 35.5 Å². The van der Waals surface area contributed by atoms with Crippen LogP contribution >= 0.6 is 0 Å². The zero-order valence-electron chi connectivity index (χ0n) is 9.33. The second kappa shape index (κ2) is 4.04. The summed E-state index contributed by atoms with van der Waals surface area (Å²) in [5.41, 5.74) is 3.64. The van der Waals surface area contributed by atoms with Crippen molar-refractivity contribution in [3.8, 4) is 6.07 Å². The predicted molar refractivity (Wildman–Crippen MR) is 66.3 cm³/mol. The summed E-state index contributed by atoms with van der Waals surface area (Å²) in [6.45, 7) is 1.87. The maximum Gasteiger partial charge on any atom is 0.101 e. The highest BCUT2D eigenvalue weighted by Gasteiger charge is 2.13. The van der Waals surface area contributed by atoms with Crippen LogP contribution < -0.4 is 5.32 Å². The molecule has 2 heterocycles. The van der Waals surface area contributed by atoms with Gasteiger partial charge in [-0.2, -0.15) is 10.4 Å². The average molecular weight is 224 g/mol. The minimum Gasteiger partial charge on any atom is -0.312 e. The number of hydrogen-bond acceptors (Lipinski definition) is 3. The molecule has 0 saturated heterocycles.